The number of aromatic nitrogens is 2. The monoisotopic (exact) mass is 275 g/mol. The highest BCUT2D eigenvalue weighted by Crippen LogP contribution is 2.08. The Labute approximate surface area is 119 Å². The van der Waals surface area contributed by atoms with Crippen LogP contribution in [0.2, 0.25) is 0 Å². The molecule has 2 rings (SSSR count). The molecule has 0 aliphatic carbocycles. The van der Waals surface area contributed by atoms with Gasteiger partial charge in [0.15, 0.2) is 5.76 Å². The van der Waals surface area contributed by atoms with Gasteiger partial charge in [0.05, 0.1) is 5.69 Å². The van der Waals surface area contributed by atoms with Crippen LogP contribution in [-0.4, -0.2) is 22.2 Å². The number of furan rings is 1. The van der Waals surface area contributed by atoms with Crippen LogP contribution in [0.5, 0.6) is 0 Å². The summed E-state index contributed by atoms with van der Waals surface area (Å²) in [4.78, 5) is 11.9. The van der Waals surface area contributed by atoms with E-state index >= 15 is 0 Å². The molecule has 1 atom stereocenters. The quantitative estimate of drug-likeness (QED) is 0.912. The maximum absolute atomic E-state index is 11.9. The van der Waals surface area contributed by atoms with Crippen LogP contribution in [0.4, 0.5) is 0 Å². The third kappa shape index (κ3) is 3.50. The Morgan fingerprint density at radius 3 is 2.70 bits per heavy atom. The molecule has 0 saturated carbocycles. The first-order valence-corrected chi connectivity index (χ1v) is 6.81. The fraction of sp³-hybridized carbons (Fsp3) is 0.467. The Bertz CT molecular complexity index is 598. The smallest absolute Gasteiger partial charge is 0.287 e. The molecule has 0 radical (unpaired) electrons. The van der Waals surface area contributed by atoms with Crippen LogP contribution in [0.25, 0.3) is 0 Å². The number of carbonyl (C=O) groups is 1. The molecule has 2 aromatic heterocycles. The summed E-state index contributed by atoms with van der Waals surface area (Å²) in [6.45, 7) is 9.31. The zero-order chi connectivity index (χ0) is 14.7. The summed E-state index contributed by atoms with van der Waals surface area (Å²) in [6, 6.07) is 5.53. The van der Waals surface area contributed by atoms with Gasteiger partial charge in [0.25, 0.3) is 5.91 Å². The van der Waals surface area contributed by atoms with E-state index in [9.17, 15) is 4.79 Å². The first-order valence-electron chi connectivity index (χ1n) is 6.81. The van der Waals surface area contributed by atoms with Crippen molar-refractivity contribution < 1.29 is 9.21 Å². The maximum atomic E-state index is 11.9. The number of nitrogens with zero attached hydrogens (tertiary/aromatic N) is 2. The Kier molecular flexibility index (Phi) is 4.27. The van der Waals surface area contributed by atoms with Crippen molar-refractivity contribution >= 4 is 5.91 Å². The minimum atomic E-state index is -0.168. The van der Waals surface area contributed by atoms with Gasteiger partial charge in [-0.3, -0.25) is 9.48 Å². The number of amides is 1. The third-order valence-electron chi connectivity index (χ3n) is 3.16. The van der Waals surface area contributed by atoms with Gasteiger partial charge in [0, 0.05) is 18.8 Å². The topological polar surface area (TPSA) is 60.1 Å². The number of aryl methyl sites for hydroxylation is 3. The molecule has 0 unspecified atom stereocenters. The highest BCUT2D eigenvalue weighted by atomic mass is 16.3. The first kappa shape index (κ1) is 14.4. The van der Waals surface area contributed by atoms with Gasteiger partial charge in [0.2, 0.25) is 0 Å². The largest absolute Gasteiger partial charge is 0.456 e. The van der Waals surface area contributed by atoms with Gasteiger partial charge in [-0.1, -0.05) is 6.92 Å². The van der Waals surface area contributed by atoms with Crippen LogP contribution in [0.15, 0.2) is 22.6 Å². The molecule has 0 spiro atoms. The zero-order valence-corrected chi connectivity index (χ0v) is 12.4. The number of rotatable bonds is 5. The fourth-order valence-corrected chi connectivity index (χ4v) is 2.13. The van der Waals surface area contributed by atoms with Gasteiger partial charge in [-0.05, 0) is 44.9 Å². The molecule has 0 aromatic carbocycles. The summed E-state index contributed by atoms with van der Waals surface area (Å²) in [6.07, 6.45) is 0. The van der Waals surface area contributed by atoms with Gasteiger partial charge in [-0.15, -0.1) is 0 Å². The summed E-state index contributed by atoms with van der Waals surface area (Å²) in [5, 5.41) is 7.31. The summed E-state index contributed by atoms with van der Waals surface area (Å²) < 4.78 is 7.26. The molecule has 1 amide bonds. The summed E-state index contributed by atoms with van der Waals surface area (Å²) in [7, 11) is 0. The van der Waals surface area contributed by atoms with E-state index in [-0.39, 0.29) is 5.91 Å². The summed E-state index contributed by atoms with van der Waals surface area (Å²) >= 11 is 0. The molecule has 20 heavy (non-hydrogen) atoms. The minimum absolute atomic E-state index is 0.168. The molecule has 0 aliphatic heterocycles. The molecule has 5 nitrogen and oxygen atoms in total. The second-order valence-electron chi connectivity index (χ2n) is 5.33. The molecular weight excluding hydrogens is 254 g/mol. The summed E-state index contributed by atoms with van der Waals surface area (Å²) in [5.74, 6) is 1.23. The predicted molar refractivity (Wildman–Crippen MR) is 76.6 cm³/mol. The predicted octanol–water partition coefficient (Wildman–Crippen LogP) is 2.47. The lowest BCUT2D eigenvalue weighted by Gasteiger charge is -2.13. The molecule has 0 saturated heterocycles. The lowest BCUT2D eigenvalue weighted by molar-refractivity contribution is 0.0917. The first-order chi connectivity index (χ1) is 9.45. The van der Waals surface area contributed by atoms with E-state index in [1.165, 1.54) is 0 Å². The molecular formula is C15H21N3O2. The maximum Gasteiger partial charge on any atom is 0.287 e. The number of hydrogen-bond acceptors (Lipinski definition) is 3. The van der Waals surface area contributed by atoms with Gasteiger partial charge in [-0.2, -0.15) is 5.10 Å². The minimum Gasteiger partial charge on any atom is -0.456 e. The van der Waals surface area contributed by atoms with E-state index in [4.69, 9.17) is 4.42 Å². The second-order valence-corrected chi connectivity index (χ2v) is 5.33. The van der Waals surface area contributed by atoms with Crippen LogP contribution in [-0.2, 0) is 6.54 Å². The van der Waals surface area contributed by atoms with E-state index in [1.54, 1.807) is 12.1 Å². The Hall–Kier alpha value is -2.04. The highest BCUT2D eigenvalue weighted by molar-refractivity contribution is 5.91. The zero-order valence-electron chi connectivity index (χ0n) is 12.4. The number of hydrogen-bond donors (Lipinski definition) is 1. The van der Waals surface area contributed by atoms with Crippen molar-refractivity contribution in [1.82, 2.24) is 15.1 Å². The van der Waals surface area contributed by atoms with E-state index < -0.39 is 0 Å². The van der Waals surface area contributed by atoms with Crippen molar-refractivity contribution in [3.63, 3.8) is 0 Å². The Morgan fingerprint density at radius 1 is 1.40 bits per heavy atom. The normalized spacial score (nSPS) is 12.4. The summed E-state index contributed by atoms with van der Waals surface area (Å²) in [5.41, 5.74) is 2.16. The lowest BCUT2D eigenvalue weighted by atomic mass is 10.2. The van der Waals surface area contributed by atoms with Crippen LogP contribution >= 0.6 is 0 Å². The molecule has 0 fully saturated rings. The van der Waals surface area contributed by atoms with Crippen molar-refractivity contribution in [2.24, 2.45) is 5.92 Å². The van der Waals surface area contributed by atoms with Crippen LogP contribution in [0.3, 0.4) is 0 Å². The average Bonchev–Trinajstić information content (AvgIpc) is 2.93. The molecule has 5 heteroatoms. The third-order valence-corrected chi connectivity index (χ3v) is 3.16. The van der Waals surface area contributed by atoms with Crippen LogP contribution in [0, 0.1) is 26.7 Å². The van der Waals surface area contributed by atoms with Crippen molar-refractivity contribution in [2.75, 3.05) is 6.54 Å². The standard InChI is InChI=1S/C15H21N3O2/c1-10(9-18-12(3)7-11(2)17-18)8-16-15(19)14-6-5-13(4)20-14/h5-7,10H,8-9H2,1-4H3,(H,16,19)/t10-/m0/s1. The van der Waals surface area contributed by atoms with Crippen molar-refractivity contribution in [1.29, 1.82) is 0 Å². The van der Waals surface area contributed by atoms with E-state index in [1.807, 2.05) is 25.5 Å². The SMILES string of the molecule is Cc1cc(C)n(C[C@@H](C)CNC(=O)c2ccc(C)o2)n1. The lowest BCUT2D eigenvalue weighted by Crippen LogP contribution is -2.30. The van der Waals surface area contributed by atoms with Gasteiger partial charge in [0.1, 0.15) is 5.76 Å². The van der Waals surface area contributed by atoms with E-state index in [0.717, 1.165) is 23.7 Å². The van der Waals surface area contributed by atoms with E-state index in [0.29, 0.717) is 18.2 Å². The van der Waals surface area contributed by atoms with Gasteiger partial charge in [-0.25, -0.2) is 0 Å². The highest BCUT2D eigenvalue weighted by Gasteiger charge is 2.12. The molecule has 2 aromatic rings. The van der Waals surface area contributed by atoms with Crippen LogP contribution in [0.1, 0.15) is 34.6 Å². The van der Waals surface area contributed by atoms with Crippen molar-refractivity contribution in [2.45, 2.75) is 34.2 Å². The Balaban J connectivity index is 1.84. The fourth-order valence-electron chi connectivity index (χ4n) is 2.13. The van der Waals surface area contributed by atoms with E-state index in [2.05, 4.69) is 23.4 Å². The van der Waals surface area contributed by atoms with Crippen molar-refractivity contribution in [3.8, 4) is 0 Å². The van der Waals surface area contributed by atoms with Crippen molar-refractivity contribution in [3.05, 3.63) is 41.1 Å². The second kappa shape index (κ2) is 5.94. The average molecular weight is 275 g/mol. The molecule has 0 aliphatic rings. The molecule has 2 heterocycles. The molecule has 0 bridgehead atoms. The molecule has 1 N–H and O–H groups in total. The number of nitrogens with one attached hydrogen (secondary N) is 1. The molecule has 108 valence electrons. The Morgan fingerprint density at radius 2 is 2.15 bits per heavy atom. The van der Waals surface area contributed by atoms with Gasteiger partial charge < -0.3 is 9.73 Å². The number of carbonyl (C=O) groups excluding carboxylic acids is 1. The van der Waals surface area contributed by atoms with Crippen LogP contribution < -0.4 is 5.32 Å². The van der Waals surface area contributed by atoms with Gasteiger partial charge >= 0.3 is 0 Å².